The first-order valence-corrected chi connectivity index (χ1v) is 9.63. The molecule has 1 N–H and O–H groups in total. The first kappa shape index (κ1) is 17.3. The molecular weight excluding hydrogens is 330 g/mol. The molecule has 1 aromatic rings. The number of anilines is 1. The zero-order chi connectivity index (χ0) is 18.0. The first-order valence-electron chi connectivity index (χ1n) is 9.63. The third-order valence-corrected chi connectivity index (χ3v) is 6.10. The molecule has 3 heterocycles. The summed E-state index contributed by atoms with van der Waals surface area (Å²) in [4.78, 5) is 28.9. The van der Waals surface area contributed by atoms with E-state index in [1.54, 1.807) is 0 Å². The topological polar surface area (TPSA) is 61.9 Å². The molecule has 3 saturated heterocycles. The molecule has 26 heavy (non-hydrogen) atoms. The normalized spacial score (nSPS) is 27.2. The molecule has 3 aliphatic heterocycles. The SMILES string of the molecule is O=C(Nc1ccccc1)N1CCC(N2C[C@]3(CCOC3)CCC2=O)CC1. The predicted molar refractivity (Wildman–Crippen MR) is 98.9 cm³/mol. The van der Waals surface area contributed by atoms with E-state index in [0.717, 1.165) is 51.1 Å². The van der Waals surface area contributed by atoms with Crippen molar-refractivity contribution in [3.8, 4) is 0 Å². The second-order valence-electron chi connectivity index (χ2n) is 7.84. The molecule has 0 aliphatic carbocycles. The molecule has 3 aliphatic rings. The van der Waals surface area contributed by atoms with Crippen molar-refractivity contribution in [2.24, 2.45) is 5.41 Å². The van der Waals surface area contributed by atoms with Crippen LogP contribution < -0.4 is 5.32 Å². The van der Waals surface area contributed by atoms with Gasteiger partial charge in [-0.3, -0.25) is 4.79 Å². The molecule has 1 aromatic carbocycles. The summed E-state index contributed by atoms with van der Waals surface area (Å²) in [5.74, 6) is 0.273. The Kier molecular flexibility index (Phi) is 4.85. The van der Waals surface area contributed by atoms with Gasteiger partial charge in [-0.2, -0.15) is 0 Å². The Labute approximate surface area is 154 Å². The van der Waals surface area contributed by atoms with Gasteiger partial charge in [0.25, 0.3) is 0 Å². The van der Waals surface area contributed by atoms with Crippen LogP contribution in [0.1, 0.15) is 32.1 Å². The summed E-state index contributed by atoms with van der Waals surface area (Å²) in [5, 5.41) is 2.94. The minimum atomic E-state index is -0.0553. The zero-order valence-corrected chi connectivity index (χ0v) is 15.2. The van der Waals surface area contributed by atoms with E-state index in [0.29, 0.717) is 19.5 Å². The number of ether oxygens (including phenoxy) is 1. The number of piperidine rings is 2. The van der Waals surface area contributed by atoms with E-state index >= 15 is 0 Å². The highest BCUT2D eigenvalue weighted by molar-refractivity contribution is 5.89. The van der Waals surface area contributed by atoms with E-state index < -0.39 is 0 Å². The monoisotopic (exact) mass is 357 g/mol. The smallest absolute Gasteiger partial charge is 0.321 e. The van der Waals surface area contributed by atoms with Crippen LogP contribution in [-0.4, -0.2) is 60.6 Å². The largest absolute Gasteiger partial charge is 0.381 e. The van der Waals surface area contributed by atoms with Crippen molar-refractivity contribution >= 4 is 17.6 Å². The molecule has 0 aromatic heterocycles. The lowest BCUT2D eigenvalue weighted by molar-refractivity contribution is -0.141. The van der Waals surface area contributed by atoms with Crippen molar-refractivity contribution in [3.05, 3.63) is 30.3 Å². The first-order chi connectivity index (χ1) is 12.7. The quantitative estimate of drug-likeness (QED) is 0.885. The van der Waals surface area contributed by atoms with Gasteiger partial charge in [-0.1, -0.05) is 18.2 Å². The lowest BCUT2D eigenvalue weighted by Crippen LogP contribution is -2.55. The van der Waals surface area contributed by atoms with Crippen molar-refractivity contribution in [1.82, 2.24) is 9.80 Å². The average Bonchev–Trinajstić information content (AvgIpc) is 3.13. The standard InChI is InChI=1S/C20H27N3O3/c24-18-6-9-20(10-13-26-15-20)14-23(18)17-7-11-22(12-8-17)19(25)21-16-4-2-1-3-5-16/h1-5,17H,6-15H2,(H,21,25)/t20-/m1/s1. The molecule has 3 fully saturated rings. The van der Waals surface area contributed by atoms with Gasteiger partial charge in [0, 0.05) is 49.8 Å². The summed E-state index contributed by atoms with van der Waals surface area (Å²) >= 11 is 0. The maximum Gasteiger partial charge on any atom is 0.321 e. The number of nitrogens with zero attached hydrogens (tertiary/aromatic N) is 2. The Morgan fingerprint density at radius 1 is 1.15 bits per heavy atom. The number of hydrogen-bond acceptors (Lipinski definition) is 3. The molecular formula is C20H27N3O3. The molecule has 1 atom stereocenters. The second-order valence-corrected chi connectivity index (χ2v) is 7.84. The zero-order valence-electron chi connectivity index (χ0n) is 15.2. The number of nitrogens with one attached hydrogen (secondary N) is 1. The summed E-state index contributed by atoms with van der Waals surface area (Å²) in [6.45, 7) is 3.81. The summed E-state index contributed by atoms with van der Waals surface area (Å²) in [6.07, 6.45) is 4.36. The van der Waals surface area contributed by atoms with Crippen LogP contribution >= 0.6 is 0 Å². The van der Waals surface area contributed by atoms with Crippen molar-refractivity contribution in [2.45, 2.75) is 38.1 Å². The van der Waals surface area contributed by atoms with E-state index in [9.17, 15) is 9.59 Å². The van der Waals surface area contributed by atoms with Gasteiger partial charge < -0.3 is 19.9 Å². The molecule has 0 unspecified atom stereocenters. The summed E-state index contributed by atoms with van der Waals surface area (Å²) in [7, 11) is 0. The highest BCUT2D eigenvalue weighted by Crippen LogP contribution is 2.39. The van der Waals surface area contributed by atoms with Crippen LogP contribution in [-0.2, 0) is 9.53 Å². The van der Waals surface area contributed by atoms with Crippen LogP contribution in [0.3, 0.4) is 0 Å². The Balaban J connectivity index is 1.32. The highest BCUT2D eigenvalue weighted by Gasteiger charge is 2.44. The van der Waals surface area contributed by atoms with Gasteiger partial charge in [0.05, 0.1) is 6.61 Å². The van der Waals surface area contributed by atoms with Crippen molar-refractivity contribution in [1.29, 1.82) is 0 Å². The fourth-order valence-corrected chi connectivity index (χ4v) is 4.45. The Morgan fingerprint density at radius 2 is 1.92 bits per heavy atom. The van der Waals surface area contributed by atoms with Crippen molar-refractivity contribution in [3.63, 3.8) is 0 Å². The Bertz CT molecular complexity index is 650. The maximum atomic E-state index is 12.5. The summed E-state index contributed by atoms with van der Waals surface area (Å²) in [6, 6.07) is 9.72. The number of carbonyl (C=O) groups is 2. The summed E-state index contributed by atoms with van der Waals surface area (Å²) < 4.78 is 5.61. The molecule has 6 heteroatoms. The van der Waals surface area contributed by atoms with E-state index in [1.807, 2.05) is 35.2 Å². The lowest BCUT2D eigenvalue weighted by atomic mass is 9.78. The van der Waals surface area contributed by atoms with E-state index in [1.165, 1.54) is 0 Å². The van der Waals surface area contributed by atoms with Gasteiger partial charge in [-0.05, 0) is 37.8 Å². The Morgan fingerprint density at radius 3 is 2.62 bits per heavy atom. The predicted octanol–water partition coefficient (Wildman–Crippen LogP) is 2.71. The van der Waals surface area contributed by atoms with Gasteiger partial charge in [0.15, 0.2) is 0 Å². The molecule has 0 radical (unpaired) electrons. The number of amides is 3. The lowest BCUT2D eigenvalue weighted by Gasteiger charge is -2.45. The summed E-state index contributed by atoms with van der Waals surface area (Å²) in [5.41, 5.74) is 0.990. The van der Waals surface area contributed by atoms with Gasteiger partial charge >= 0.3 is 6.03 Å². The van der Waals surface area contributed by atoms with Crippen molar-refractivity contribution in [2.75, 3.05) is 38.2 Å². The number of likely N-dealkylation sites (tertiary alicyclic amines) is 2. The number of hydrogen-bond donors (Lipinski definition) is 1. The number of carbonyl (C=O) groups excluding carboxylic acids is 2. The van der Waals surface area contributed by atoms with Crippen LogP contribution in [0.4, 0.5) is 10.5 Å². The number of urea groups is 1. The van der Waals surface area contributed by atoms with E-state index in [2.05, 4.69) is 10.2 Å². The Hall–Kier alpha value is -2.08. The molecule has 6 nitrogen and oxygen atoms in total. The van der Waals surface area contributed by atoms with Crippen LogP contribution in [0.2, 0.25) is 0 Å². The van der Waals surface area contributed by atoms with Crippen LogP contribution in [0, 0.1) is 5.41 Å². The molecule has 0 bridgehead atoms. The number of rotatable bonds is 2. The molecule has 3 amide bonds. The van der Waals surface area contributed by atoms with Crippen molar-refractivity contribution < 1.29 is 14.3 Å². The average molecular weight is 357 g/mol. The fourth-order valence-electron chi connectivity index (χ4n) is 4.45. The van der Waals surface area contributed by atoms with Gasteiger partial charge in [-0.15, -0.1) is 0 Å². The molecule has 140 valence electrons. The van der Waals surface area contributed by atoms with Gasteiger partial charge in [0.2, 0.25) is 5.91 Å². The maximum absolute atomic E-state index is 12.5. The minimum Gasteiger partial charge on any atom is -0.381 e. The van der Waals surface area contributed by atoms with Gasteiger partial charge in [0.1, 0.15) is 0 Å². The molecule has 4 rings (SSSR count). The van der Waals surface area contributed by atoms with Crippen LogP contribution in [0.5, 0.6) is 0 Å². The third-order valence-electron chi connectivity index (χ3n) is 6.10. The number of para-hydroxylation sites is 1. The molecule has 1 spiro atoms. The van der Waals surface area contributed by atoms with Crippen LogP contribution in [0.25, 0.3) is 0 Å². The molecule has 0 saturated carbocycles. The van der Waals surface area contributed by atoms with E-state index in [-0.39, 0.29) is 23.4 Å². The fraction of sp³-hybridized carbons (Fsp3) is 0.600. The van der Waals surface area contributed by atoms with E-state index in [4.69, 9.17) is 4.74 Å². The van der Waals surface area contributed by atoms with Crippen LogP contribution in [0.15, 0.2) is 30.3 Å². The minimum absolute atomic E-state index is 0.0553. The third kappa shape index (κ3) is 3.56. The van der Waals surface area contributed by atoms with Gasteiger partial charge in [-0.25, -0.2) is 4.79 Å². The number of benzene rings is 1. The second kappa shape index (κ2) is 7.27. The highest BCUT2D eigenvalue weighted by atomic mass is 16.5.